The van der Waals surface area contributed by atoms with E-state index in [4.69, 9.17) is 5.11 Å². The zero-order chi connectivity index (χ0) is 13.3. The third-order valence-corrected chi connectivity index (χ3v) is 2.39. The molecule has 0 amide bonds. The summed E-state index contributed by atoms with van der Waals surface area (Å²) >= 11 is 0. The zero-order valence-corrected chi connectivity index (χ0v) is 10.6. The van der Waals surface area contributed by atoms with E-state index in [1.54, 1.807) is 0 Å². The molecule has 0 spiro atoms. The van der Waals surface area contributed by atoms with Crippen LogP contribution in [0.5, 0.6) is 0 Å². The van der Waals surface area contributed by atoms with Gasteiger partial charge in [-0.25, -0.2) is 0 Å². The van der Waals surface area contributed by atoms with Crippen molar-refractivity contribution in [1.29, 1.82) is 0 Å². The minimum absolute atomic E-state index is 0.0103. The highest BCUT2D eigenvalue weighted by Crippen LogP contribution is 2.17. The molecule has 0 aromatic rings. The highest BCUT2D eigenvalue weighted by molar-refractivity contribution is 4.73. The fraction of sp³-hybridized carbons (Fsp3) is 1.00. The molecule has 17 heavy (non-hydrogen) atoms. The summed E-state index contributed by atoms with van der Waals surface area (Å²) in [6.45, 7) is 4.30. The highest BCUT2D eigenvalue weighted by Gasteiger charge is 2.31. The summed E-state index contributed by atoms with van der Waals surface area (Å²) < 4.78 is 37.0. The van der Waals surface area contributed by atoms with Crippen molar-refractivity contribution in [3.63, 3.8) is 0 Å². The molecule has 0 bridgehead atoms. The average Bonchev–Trinajstić information content (AvgIpc) is 2.16. The molecule has 1 atom stereocenters. The van der Waals surface area contributed by atoms with E-state index in [-0.39, 0.29) is 12.6 Å². The van der Waals surface area contributed by atoms with E-state index in [9.17, 15) is 13.2 Å². The number of aliphatic hydroxyl groups is 1. The van der Waals surface area contributed by atoms with Crippen molar-refractivity contribution in [3.05, 3.63) is 0 Å². The SMILES string of the molecule is CCCN(CC(CCO)NCC)CC(F)(F)F. The van der Waals surface area contributed by atoms with E-state index in [1.165, 1.54) is 4.90 Å². The minimum Gasteiger partial charge on any atom is -0.396 e. The number of halogens is 3. The molecule has 1 unspecified atom stereocenters. The van der Waals surface area contributed by atoms with Crippen LogP contribution in [0.25, 0.3) is 0 Å². The van der Waals surface area contributed by atoms with Gasteiger partial charge in [0.05, 0.1) is 6.54 Å². The van der Waals surface area contributed by atoms with Crippen molar-refractivity contribution in [1.82, 2.24) is 10.2 Å². The number of hydrogen-bond acceptors (Lipinski definition) is 3. The normalized spacial score (nSPS) is 14.3. The molecule has 104 valence electrons. The summed E-state index contributed by atoms with van der Waals surface area (Å²) in [5, 5.41) is 11.9. The van der Waals surface area contributed by atoms with Crippen LogP contribution in [0.2, 0.25) is 0 Å². The number of aliphatic hydroxyl groups excluding tert-OH is 1. The second kappa shape index (κ2) is 8.72. The molecule has 0 aromatic heterocycles. The second-order valence-corrected chi connectivity index (χ2v) is 4.12. The minimum atomic E-state index is -4.16. The molecule has 0 fully saturated rings. The van der Waals surface area contributed by atoms with Crippen LogP contribution in [0.3, 0.4) is 0 Å². The zero-order valence-electron chi connectivity index (χ0n) is 10.6. The molecule has 0 aliphatic carbocycles. The van der Waals surface area contributed by atoms with Crippen LogP contribution in [0.1, 0.15) is 26.7 Å². The van der Waals surface area contributed by atoms with E-state index < -0.39 is 12.7 Å². The Balaban J connectivity index is 4.27. The topological polar surface area (TPSA) is 35.5 Å². The van der Waals surface area contributed by atoms with E-state index in [2.05, 4.69) is 5.32 Å². The largest absolute Gasteiger partial charge is 0.401 e. The Morgan fingerprint density at radius 2 is 1.94 bits per heavy atom. The summed E-state index contributed by atoms with van der Waals surface area (Å²) in [5.74, 6) is 0. The van der Waals surface area contributed by atoms with Crippen LogP contribution in [0.4, 0.5) is 13.2 Å². The Hall–Kier alpha value is -0.330. The van der Waals surface area contributed by atoms with Gasteiger partial charge in [0, 0.05) is 19.2 Å². The first-order valence-electron chi connectivity index (χ1n) is 6.06. The predicted molar refractivity (Wildman–Crippen MR) is 62.0 cm³/mol. The summed E-state index contributed by atoms with van der Waals surface area (Å²) in [6.07, 6.45) is -2.99. The van der Waals surface area contributed by atoms with Gasteiger partial charge in [-0.3, -0.25) is 4.90 Å². The van der Waals surface area contributed by atoms with Crippen LogP contribution in [-0.2, 0) is 0 Å². The van der Waals surface area contributed by atoms with Gasteiger partial charge in [0.25, 0.3) is 0 Å². The maximum absolute atomic E-state index is 12.3. The van der Waals surface area contributed by atoms with Gasteiger partial charge in [-0.2, -0.15) is 13.2 Å². The maximum atomic E-state index is 12.3. The molecule has 0 rings (SSSR count). The number of hydrogen-bond donors (Lipinski definition) is 2. The molecular weight excluding hydrogens is 233 g/mol. The Morgan fingerprint density at radius 1 is 1.29 bits per heavy atom. The smallest absolute Gasteiger partial charge is 0.396 e. The van der Waals surface area contributed by atoms with Gasteiger partial charge in [-0.15, -0.1) is 0 Å². The van der Waals surface area contributed by atoms with Crippen molar-refractivity contribution in [2.75, 3.05) is 32.8 Å². The number of nitrogens with zero attached hydrogens (tertiary/aromatic N) is 1. The fourth-order valence-electron chi connectivity index (χ4n) is 1.82. The third kappa shape index (κ3) is 9.38. The Bertz CT molecular complexity index is 182. The lowest BCUT2D eigenvalue weighted by Crippen LogP contribution is -2.45. The monoisotopic (exact) mass is 256 g/mol. The Labute approximate surface area is 101 Å². The van der Waals surface area contributed by atoms with Gasteiger partial charge < -0.3 is 10.4 Å². The summed E-state index contributed by atoms with van der Waals surface area (Å²) in [6, 6.07) is -0.0844. The van der Waals surface area contributed by atoms with E-state index in [0.717, 1.165) is 0 Å². The van der Waals surface area contributed by atoms with Crippen LogP contribution in [-0.4, -0.2) is 55.0 Å². The van der Waals surface area contributed by atoms with E-state index in [0.29, 0.717) is 32.5 Å². The maximum Gasteiger partial charge on any atom is 0.401 e. The Morgan fingerprint density at radius 3 is 2.35 bits per heavy atom. The lowest BCUT2D eigenvalue weighted by atomic mass is 10.2. The van der Waals surface area contributed by atoms with Crippen LogP contribution in [0, 0.1) is 0 Å². The number of alkyl halides is 3. The first-order chi connectivity index (χ1) is 7.92. The van der Waals surface area contributed by atoms with Crippen molar-refractivity contribution in [2.24, 2.45) is 0 Å². The predicted octanol–water partition coefficient (Wildman–Crippen LogP) is 1.62. The van der Waals surface area contributed by atoms with Crippen molar-refractivity contribution < 1.29 is 18.3 Å². The molecule has 0 saturated heterocycles. The lowest BCUT2D eigenvalue weighted by molar-refractivity contribution is -0.146. The third-order valence-electron chi connectivity index (χ3n) is 2.39. The van der Waals surface area contributed by atoms with Crippen LogP contribution < -0.4 is 5.32 Å². The molecule has 2 N–H and O–H groups in total. The van der Waals surface area contributed by atoms with Crippen molar-refractivity contribution in [3.8, 4) is 0 Å². The molecule has 0 saturated carbocycles. The summed E-state index contributed by atoms with van der Waals surface area (Å²) in [4.78, 5) is 1.39. The molecule has 0 heterocycles. The summed E-state index contributed by atoms with van der Waals surface area (Å²) in [7, 11) is 0. The van der Waals surface area contributed by atoms with E-state index >= 15 is 0 Å². The van der Waals surface area contributed by atoms with Gasteiger partial charge in [0.1, 0.15) is 0 Å². The van der Waals surface area contributed by atoms with Crippen LogP contribution >= 0.6 is 0 Å². The van der Waals surface area contributed by atoms with Gasteiger partial charge in [-0.1, -0.05) is 13.8 Å². The first kappa shape index (κ1) is 16.7. The number of nitrogens with one attached hydrogen (secondary N) is 1. The molecule has 6 heteroatoms. The van der Waals surface area contributed by atoms with Gasteiger partial charge in [-0.05, 0) is 25.9 Å². The van der Waals surface area contributed by atoms with Crippen LogP contribution in [0.15, 0.2) is 0 Å². The number of likely N-dealkylation sites (N-methyl/N-ethyl adjacent to an activating group) is 1. The van der Waals surface area contributed by atoms with Gasteiger partial charge >= 0.3 is 6.18 Å². The van der Waals surface area contributed by atoms with Crippen molar-refractivity contribution >= 4 is 0 Å². The van der Waals surface area contributed by atoms with Gasteiger partial charge in [0.15, 0.2) is 0 Å². The Kier molecular flexibility index (Phi) is 8.55. The lowest BCUT2D eigenvalue weighted by Gasteiger charge is -2.28. The second-order valence-electron chi connectivity index (χ2n) is 4.12. The quantitative estimate of drug-likeness (QED) is 0.658. The van der Waals surface area contributed by atoms with Crippen molar-refractivity contribution in [2.45, 2.75) is 38.9 Å². The number of rotatable bonds is 9. The van der Waals surface area contributed by atoms with Gasteiger partial charge in [0.2, 0.25) is 0 Å². The molecular formula is C11H23F3N2O. The molecule has 3 nitrogen and oxygen atoms in total. The fourth-order valence-corrected chi connectivity index (χ4v) is 1.82. The highest BCUT2D eigenvalue weighted by atomic mass is 19.4. The molecule has 0 aliphatic rings. The molecule has 0 radical (unpaired) electrons. The first-order valence-corrected chi connectivity index (χ1v) is 6.06. The average molecular weight is 256 g/mol. The van der Waals surface area contributed by atoms with E-state index in [1.807, 2.05) is 13.8 Å². The standard InChI is InChI=1S/C11H23F3N2O/c1-3-6-16(9-11(12,13)14)8-10(5-7-17)15-4-2/h10,15,17H,3-9H2,1-2H3. The molecule has 0 aliphatic heterocycles. The summed E-state index contributed by atoms with van der Waals surface area (Å²) in [5.41, 5.74) is 0. The molecule has 0 aromatic carbocycles.